The number of aryl methyl sites for hydroxylation is 2. The third-order valence-electron chi connectivity index (χ3n) is 2.88. The van der Waals surface area contributed by atoms with Gasteiger partial charge in [0.2, 0.25) is 0 Å². The number of thiazole rings is 1. The standard InChI is InChI=1S/C14H24N4S.HI/c1-6-7-8-9-18(5)14(15-4)16-10-13-11(2)17-12(3)19-13;/h6H,1,7-10H2,2-5H3,(H,15,16);1H. The number of halogens is 1. The minimum atomic E-state index is 0. The summed E-state index contributed by atoms with van der Waals surface area (Å²) in [5.74, 6) is 0.925. The summed E-state index contributed by atoms with van der Waals surface area (Å²) in [6.07, 6.45) is 4.08. The summed E-state index contributed by atoms with van der Waals surface area (Å²) in [5, 5.41) is 4.50. The number of allylic oxidation sites excluding steroid dienone is 1. The molecule has 6 heteroatoms. The maximum Gasteiger partial charge on any atom is 0.193 e. The summed E-state index contributed by atoms with van der Waals surface area (Å²) in [4.78, 5) is 12.2. The van der Waals surface area contributed by atoms with E-state index in [0.29, 0.717) is 0 Å². The molecule has 0 amide bonds. The molecule has 0 saturated heterocycles. The molecular weight excluding hydrogens is 383 g/mol. The molecule has 0 spiro atoms. The Kier molecular flexibility index (Phi) is 9.83. The Bertz CT molecular complexity index is 442. The van der Waals surface area contributed by atoms with Crippen LogP contribution in [0.1, 0.15) is 28.4 Å². The highest BCUT2D eigenvalue weighted by molar-refractivity contribution is 14.0. The van der Waals surface area contributed by atoms with Crippen LogP contribution in [0.15, 0.2) is 17.6 Å². The van der Waals surface area contributed by atoms with Crippen LogP contribution in [0.4, 0.5) is 0 Å². The zero-order valence-electron chi connectivity index (χ0n) is 12.8. The summed E-state index contributed by atoms with van der Waals surface area (Å²) in [6.45, 7) is 9.60. The average Bonchev–Trinajstić information content (AvgIpc) is 2.69. The van der Waals surface area contributed by atoms with Gasteiger partial charge >= 0.3 is 0 Å². The van der Waals surface area contributed by atoms with Gasteiger partial charge in [0.15, 0.2) is 5.96 Å². The normalized spacial score (nSPS) is 10.9. The molecule has 0 fully saturated rings. The lowest BCUT2D eigenvalue weighted by atomic mass is 10.3. The second-order valence-corrected chi connectivity index (χ2v) is 5.78. The molecule has 0 aliphatic rings. The van der Waals surface area contributed by atoms with E-state index in [1.54, 1.807) is 11.3 Å². The van der Waals surface area contributed by atoms with Gasteiger partial charge in [-0.05, 0) is 26.7 Å². The van der Waals surface area contributed by atoms with Crippen LogP contribution >= 0.6 is 35.3 Å². The molecule has 1 heterocycles. The van der Waals surface area contributed by atoms with Crippen molar-refractivity contribution in [3.63, 3.8) is 0 Å². The monoisotopic (exact) mass is 408 g/mol. The zero-order valence-corrected chi connectivity index (χ0v) is 15.9. The van der Waals surface area contributed by atoms with Gasteiger partial charge in [0.25, 0.3) is 0 Å². The fourth-order valence-corrected chi connectivity index (χ4v) is 2.74. The molecule has 0 radical (unpaired) electrons. The minimum absolute atomic E-state index is 0. The zero-order chi connectivity index (χ0) is 14.3. The van der Waals surface area contributed by atoms with Crippen molar-refractivity contribution in [3.05, 3.63) is 28.2 Å². The first-order valence-electron chi connectivity index (χ1n) is 6.54. The molecule has 1 aromatic rings. The topological polar surface area (TPSA) is 40.5 Å². The van der Waals surface area contributed by atoms with E-state index in [-0.39, 0.29) is 24.0 Å². The van der Waals surface area contributed by atoms with E-state index in [9.17, 15) is 0 Å². The maximum absolute atomic E-state index is 4.43. The van der Waals surface area contributed by atoms with Crippen LogP contribution in [0.5, 0.6) is 0 Å². The molecular formula is C14H25IN4S. The van der Waals surface area contributed by atoms with E-state index in [1.165, 1.54) is 4.88 Å². The van der Waals surface area contributed by atoms with Gasteiger partial charge in [0.1, 0.15) is 0 Å². The van der Waals surface area contributed by atoms with Gasteiger partial charge < -0.3 is 10.2 Å². The molecule has 0 unspecified atom stereocenters. The molecule has 20 heavy (non-hydrogen) atoms. The predicted molar refractivity (Wildman–Crippen MR) is 99.3 cm³/mol. The number of hydrogen-bond acceptors (Lipinski definition) is 3. The second-order valence-electron chi connectivity index (χ2n) is 4.49. The van der Waals surface area contributed by atoms with Gasteiger partial charge in [-0.3, -0.25) is 4.99 Å². The number of nitrogens with one attached hydrogen (secondary N) is 1. The van der Waals surface area contributed by atoms with Crippen molar-refractivity contribution < 1.29 is 0 Å². The Balaban J connectivity index is 0.00000361. The third-order valence-corrected chi connectivity index (χ3v) is 3.95. The van der Waals surface area contributed by atoms with Crippen LogP contribution in [-0.4, -0.2) is 36.5 Å². The maximum atomic E-state index is 4.43. The number of aliphatic imine (C=N–C) groups is 1. The fraction of sp³-hybridized carbons (Fsp3) is 0.571. The first kappa shape index (κ1) is 19.4. The number of hydrogen-bond donors (Lipinski definition) is 1. The van der Waals surface area contributed by atoms with Crippen molar-refractivity contribution in [3.8, 4) is 0 Å². The summed E-state index contributed by atoms with van der Waals surface area (Å²) in [5.41, 5.74) is 1.11. The largest absolute Gasteiger partial charge is 0.351 e. The van der Waals surface area contributed by atoms with Crippen LogP contribution in [-0.2, 0) is 6.54 Å². The van der Waals surface area contributed by atoms with Gasteiger partial charge in [-0.1, -0.05) is 6.08 Å². The number of guanidine groups is 1. The van der Waals surface area contributed by atoms with E-state index in [2.05, 4.69) is 40.7 Å². The van der Waals surface area contributed by atoms with Crippen LogP contribution < -0.4 is 5.32 Å². The third kappa shape index (κ3) is 6.21. The molecule has 1 rings (SSSR count). The number of unbranched alkanes of at least 4 members (excludes halogenated alkanes) is 1. The van der Waals surface area contributed by atoms with Crippen molar-refractivity contribution in [2.45, 2.75) is 33.2 Å². The summed E-state index contributed by atoms with van der Waals surface area (Å²) in [6, 6.07) is 0. The first-order chi connectivity index (χ1) is 9.08. The quantitative estimate of drug-likeness (QED) is 0.258. The lowest BCUT2D eigenvalue weighted by Gasteiger charge is -2.21. The molecule has 0 aliphatic carbocycles. The Morgan fingerprint density at radius 1 is 1.50 bits per heavy atom. The van der Waals surface area contributed by atoms with Crippen LogP contribution in [0.2, 0.25) is 0 Å². The van der Waals surface area contributed by atoms with Crippen molar-refractivity contribution in [2.24, 2.45) is 4.99 Å². The van der Waals surface area contributed by atoms with E-state index in [0.717, 1.165) is 42.6 Å². The van der Waals surface area contributed by atoms with Gasteiger partial charge in [-0.15, -0.1) is 41.9 Å². The van der Waals surface area contributed by atoms with E-state index >= 15 is 0 Å². The van der Waals surface area contributed by atoms with E-state index in [1.807, 2.05) is 20.0 Å². The molecule has 114 valence electrons. The highest BCUT2D eigenvalue weighted by atomic mass is 127. The van der Waals surface area contributed by atoms with E-state index < -0.39 is 0 Å². The summed E-state index contributed by atoms with van der Waals surface area (Å²) < 4.78 is 0. The highest BCUT2D eigenvalue weighted by Gasteiger charge is 2.08. The first-order valence-corrected chi connectivity index (χ1v) is 7.35. The Morgan fingerprint density at radius 3 is 2.70 bits per heavy atom. The molecule has 0 aromatic carbocycles. The minimum Gasteiger partial charge on any atom is -0.351 e. The van der Waals surface area contributed by atoms with E-state index in [4.69, 9.17) is 0 Å². The molecule has 0 saturated carbocycles. The molecule has 1 N–H and O–H groups in total. The van der Waals surface area contributed by atoms with Crippen molar-refractivity contribution in [1.29, 1.82) is 0 Å². The Labute approximate surface area is 143 Å². The average molecular weight is 408 g/mol. The molecule has 0 aliphatic heterocycles. The Hall–Kier alpha value is -0.630. The fourth-order valence-electron chi connectivity index (χ4n) is 1.86. The molecule has 4 nitrogen and oxygen atoms in total. The highest BCUT2D eigenvalue weighted by Crippen LogP contribution is 2.16. The second kappa shape index (κ2) is 10.1. The number of aromatic nitrogens is 1. The predicted octanol–water partition coefficient (Wildman–Crippen LogP) is 3.35. The lowest BCUT2D eigenvalue weighted by molar-refractivity contribution is 0.470. The van der Waals surface area contributed by atoms with Crippen LogP contribution in [0.25, 0.3) is 0 Å². The van der Waals surface area contributed by atoms with Crippen molar-refractivity contribution in [2.75, 3.05) is 20.6 Å². The van der Waals surface area contributed by atoms with Gasteiger partial charge in [0, 0.05) is 25.5 Å². The number of rotatable bonds is 6. The molecule has 0 atom stereocenters. The van der Waals surface area contributed by atoms with Gasteiger partial charge in [-0.25, -0.2) is 4.98 Å². The van der Waals surface area contributed by atoms with Gasteiger partial charge in [-0.2, -0.15) is 0 Å². The van der Waals surface area contributed by atoms with Gasteiger partial charge in [0.05, 0.1) is 17.2 Å². The Morgan fingerprint density at radius 2 is 2.20 bits per heavy atom. The van der Waals surface area contributed by atoms with Crippen LogP contribution in [0.3, 0.4) is 0 Å². The van der Waals surface area contributed by atoms with Crippen molar-refractivity contribution >= 4 is 41.3 Å². The smallest absolute Gasteiger partial charge is 0.193 e. The summed E-state index contributed by atoms with van der Waals surface area (Å²) in [7, 11) is 3.88. The molecule has 0 bridgehead atoms. The lowest BCUT2D eigenvalue weighted by Crippen LogP contribution is -2.38. The summed E-state index contributed by atoms with van der Waals surface area (Å²) >= 11 is 1.74. The molecule has 1 aromatic heterocycles. The van der Waals surface area contributed by atoms with Crippen LogP contribution in [0, 0.1) is 13.8 Å². The number of nitrogens with zero attached hydrogens (tertiary/aromatic N) is 3. The SMILES string of the molecule is C=CCCCN(C)C(=NC)NCc1sc(C)nc1C.I. The van der Waals surface area contributed by atoms with Crippen molar-refractivity contribution in [1.82, 2.24) is 15.2 Å².